The minimum absolute atomic E-state index is 0.0371. The fourth-order valence-corrected chi connectivity index (χ4v) is 1.42. The SMILES string of the molecule is CCC(C)C(=O)NCc1ccc(OCC(F)(F)F)cc1. The van der Waals surface area contributed by atoms with Gasteiger partial charge in [-0.3, -0.25) is 4.79 Å². The van der Waals surface area contributed by atoms with Crippen molar-refractivity contribution in [3.05, 3.63) is 29.8 Å². The zero-order chi connectivity index (χ0) is 15.2. The number of carbonyl (C=O) groups excluding carboxylic acids is 1. The molecule has 3 nitrogen and oxygen atoms in total. The highest BCUT2D eigenvalue weighted by atomic mass is 19.4. The van der Waals surface area contributed by atoms with Crippen LogP contribution < -0.4 is 10.1 Å². The van der Waals surface area contributed by atoms with E-state index in [4.69, 9.17) is 0 Å². The van der Waals surface area contributed by atoms with Crippen molar-refractivity contribution in [1.29, 1.82) is 0 Å². The van der Waals surface area contributed by atoms with Crippen LogP contribution in [0.4, 0.5) is 13.2 Å². The molecular weight excluding hydrogens is 271 g/mol. The van der Waals surface area contributed by atoms with Gasteiger partial charge in [0.25, 0.3) is 0 Å². The summed E-state index contributed by atoms with van der Waals surface area (Å²) in [6.45, 7) is 2.81. The lowest BCUT2D eigenvalue weighted by atomic mass is 10.1. The number of nitrogens with one attached hydrogen (secondary N) is 1. The molecule has 1 unspecified atom stereocenters. The topological polar surface area (TPSA) is 38.3 Å². The molecule has 0 fully saturated rings. The first kappa shape index (κ1) is 16.3. The van der Waals surface area contributed by atoms with E-state index >= 15 is 0 Å². The number of ether oxygens (including phenoxy) is 1. The Balaban J connectivity index is 2.45. The Morgan fingerprint density at radius 3 is 2.40 bits per heavy atom. The smallest absolute Gasteiger partial charge is 0.422 e. The Bertz CT molecular complexity index is 429. The number of carbonyl (C=O) groups is 1. The standard InChI is InChI=1S/C14H18F3NO2/c1-3-10(2)13(19)18-8-11-4-6-12(7-5-11)20-9-14(15,16)17/h4-7,10H,3,8-9H2,1-2H3,(H,18,19). The molecule has 6 heteroatoms. The molecule has 1 N–H and O–H groups in total. The fraction of sp³-hybridized carbons (Fsp3) is 0.500. The number of alkyl halides is 3. The molecule has 1 rings (SSSR count). The number of hydrogen-bond acceptors (Lipinski definition) is 2. The van der Waals surface area contributed by atoms with Gasteiger partial charge in [0.05, 0.1) is 0 Å². The zero-order valence-corrected chi connectivity index (χ0v) is 11.5. The molecule has 1 aromatic carbocycles. The normalized spacial score (nSPS) is 12.8. The van der Waals surface area contributed by atoms with Crippen LogP contribution in [0.25, 0.3) is 0 Å². The van der Waals surface area contributed by atoms with Crippen LogP contribution >= 0.6 is 0 Å². The molecule has 0 aliphatic heterocycles. The van der Waals surface area contributed by atoms with Crippen molar-refractivity contribution in [2.75, 3.05) is 6.61 Å². The van der Waals surface area contributed by atoms with Crippen molar-refractivity contribution < 1.29 is 22.7 Å². The van der Waals surface area contributed by atoms with E-state index in [1.165, 1.54) is 12.1 Å². The molecule has 0 saturated heterocycles. The van der Waals surface area contributed by atoms with E-state index in [9.17, 15) is 18.0 Å². The number of amides is 1. The van der Waals surface area contributed by atoms with Gasteiger partial charge in [-0.05, 0) is 24.1 Å². The maximum absolute atomic E-state index is 12.0. The summed E-state index contributed by atoms with van der Waals surface area (Å²) in [4.78, 5) is 11.6. The van der Waals surface area contributed by atoms with E-state index in [1.54, 1.807) is 12.1 Å². The predicted octanol–water partition coefficient (Wildman–Crippen LogP) is 3.29. The van der Waals surface area contributed by atoms with Crippen molar-refractivity contribution in [3.8, 4) is 5.75 Å². The molecule has 1 aromatic rings. The molecule has 20 heavy (non-hydrogen) atoms. The van der Waals surface area contributed by atoms with Gasteiger partial charge < -0.3 is 10.1 Å². The first-order chi connectivity index (χ1) is 9.31. The average molecular weight is 289 g/mol. The van der Waals surface area contributed by atoms with Gasteiger partial charge in [0, 0.05) is 12.5 Å². The number of rotatable bonds is 6. The highest BCUT2D eigenvalue weighted by Gasteiger charge is 2.28. The van der Waals surface area contributed by atoms with Crippen molar-refractivity contribution >= 4 is 5.91 Å². The third-order valence-corrected chi connectivity index (χ3v) is 2.85. The summed E-state index contributed by atoms with van der Waals surface area (Å²) < 4.78 is 40.5. The second-order valence-electron chi connectivity index (χ2n) is 4.57. The van der Waals surface area contributed by atoms with Crippen molar-refractivity contribution in [2.45, 2.75) is 33.0 Å². The summed E-state index contributed by atoms with van der Waals surface area (Å²) in [6.07, 6.45) is -3.58. The Morgan fingerprint density at radius 1 is 1.30 bits per heavy atom. The van der Waals surface area contributed by atoms with Gasteiger partial charge in [-0.1, -0.05) is 26.0 Å². The molecular formula is C14H18F3NO2. The second kappa shape index (κ2) is 7.17. The Morgan fingerprint density at radius 2 is 1.90 bits per heavy atom. The largest absolute Gasteiger partial charge is 0.484 e. The van der Waals surface area contributed by atoms with Gasteiger partial charge in [0.1, 0.15) is 5.75 Å². The molecule has 1 amide bonds. The molecule has 0 aliphatic carbocycles. The summed E-state index contributed by atoms with van der Waals surface area (Å²) >= 11 is 0. The van der Waals surface area contributed by atoms with Gasteiger partial charge in [-0.2, -0.15) is 13.2 Å². The van der Waals surface area contributed by atoms with Crippen LogP contribution in [0.2, 0.25) is 0 Å². The molecule has 112 valence electrons. The zero-order valence-electron chi connectivity index (χ0n) is 11.5. The van der Waals surface area contributed by atoms with Crippen LogP contribution in [0.5, 0.6) is 5.75 Å². The first-order valence-corrected chi connectivity index (χ1v) is 6.38. The van der Waals surface area contributed by atoms with Gasteiger partial charge in [-0.25, -0.2) is 0 Å². The Labute approximate surface area is 116 Å². The lowest BCUT2D eigenvalue weighted by Gasteiger charge is -2.11. The third kappa shape index (κ3) is 5.95. The number of benzene rings is 1. The van der Waals surface area contributed by atoms with E-state index in [-0.39, 0.29) is 17.6 Å². The molecule has 0 saturated carbocycles. The van der Waals surface area contributed by atoms with Crippen molar-refractivity contribution in [2.24, 2.45) is 5.92 Å². The van der Waals surface area contributed by atoms with Crippen molar-refractivity contribution in [1.82, 2.24) is 5.32 Å². The van der Waals surface area contributed by atoms with E-state index in [0.717, 1.165) is 12.0 Å². The van der Waals surface area contributed by atoms with E-state index in [2.05, 4.69) is 10.1 Å². The molecule has 0 bridgehead atoms. The maximum atomic E-state index is 12.0. The second-order valence-corrected chi connectivity index (χ2v) is 4.57. The van der Waals surface area contributed by atoms with Crippen LogP contribution in [-0.2, 0) is 11.3 Å². The number of hydrogen-bond donors (Lipinski definition) is 1. The minimum Gasteiger partial charge on any atom is -0.484 e. The molecule has 1 atom stereocenters. The van der Waals surface area contributed by atoms with Crippen LogP contribution in [0.3, 0.4) is 0 Å². The summed E-state index contributed by atoms with van der Waals surface area (Å²) in [7, 11) is 0. The molecule has 0 heterocycles. The third-order valence-electron chi connectivity index (χ3n) is 2.85. The summed E-state index contributed by atoms with van der Waals surface area (Å²) in [5, 5.41) is 2.77. The van der Waals surface area contributed by atoms with Gasteiger partial charge >= 0.3 is 6.18 Å². The quantitative estimate of drug-likeness (QED) is 0.872. The monoisotopic (exact) mass is 289 g/mol. The van der Waals surface area contributed by atoms with Gasteiger partial charge in [0.2, 0.25) is 5.91 Å². The van der Waals surface area contributed by atoms with E-state index in [0.29, 0.717) is 6.54 Å². The van der Waals surface area contributed by atoms with Crippen LogP contribution in [0, 0.1) is 5.92 Å². The summed E-state index contributed by atoms with van der Waals surface area (Å²) in [5.74, 6) is 0.0635. The highest BCUT2D eigenvalue weighted by molar-refractivity contribution is 5.78. The van der Waals surface area contributed by atoms with E-state index in [1.807, 2.05) is 13.8 Å². The number of halogens is 3. The van der Waals surface area contributed by atoms with Crippen molar-refractivity contribution in [3.63, 3.8) is 0 Å². The van der Waals surface area contributed by atoms with E-state index < -0.39 is 12.8 Å². The summed E-state index contributed by atoms with van der Waals surface area (Å²) in [6, 6.07) is 6.16. The van der Waals surface area contributed by atoms with Crippen LogP contribution in [-0.4, -0.2) is 18.7 Å². The Hall–Kier alpha value is -1.72. The first-order valence-electron chi connectivity index (χ1n) is 6.38. The lowest BCUT2D eigenvalue weighted by molar-refractivity contribution is -0.153. The minimum atomic E-state index is -4.34. The molecule has 0 spiro atoms. The average Bonchev–Trinajstić information content (AvgIpc) is 2.41. The summed E-state index contributed by atoms with van der Waals surface area (Å²) in [5.41, 5.74) is 0.806. The van der Waals surface area contributed by atoms with Gasteiger partial charge in [0.15, 0.2) is 6.61 Å². The van der Waals surface area contributed by atoms with Crippen LogP contribution in [0.15, 0.2) is 24.3 Å². The van der Waals surface area contributed by atoms with Crippen LogP contribution in [0.1, 0.15) is 25.8 Å². The van der Waals surface area contributed by atoms with Gasteiger partial charge in [-0.15, -0.1) is 0 Å². The molecule has 0 radical (unpaired) electrons. The lowest BCUT2D eigenvalue weighted by Crippen LogP contribution is -2.28. The molecule has 0 aromatic heterocycles. The molecule has 0 aliphatic rings. The highest BCUT2D eigenvalue weighted by Crippen LogP contribution is 2.18. The maximum Gasteiger partial charge on any atom is 0.422 e. The predicted molar refractivity (Wildman–Crippen MR) is 69.3 cm³/mol. The fourth-order valence-electron chi connectivity index (χ4n) is 1.42. The Kier molecular flexibility index (Phi) is 5.85.